The van der Waals surface area contributed by atoms with Gasteiger partial charge in [-0.1, -0.05) is 0 Å². The lowest BCUT2D eigenvalue weighted by molar-refractivity contribution is 0.0171. The van der Waals surface area contributed by atoms with Gasteiger partial charge in [-0.25, -0.2) is 0 Å². The van der Waals surface area contributed by atoms with Gasteiger partial charge < -0.3 is 34.3 Å². The van der Waals surface area contributed by atoms with Gasteiger partial charge in [-0.15, -0.1) is 0 Å². The quantitative estimate of drug-likeness (QED) is 0.270. The summed E-state index contributed by atoms with van der Waals surface area (Å²) in [6, 6.07) is 5.91. The van der Waals surface area contributed by atoms with Gasteiger partial charge >= 0.3 is 0 Å². The van der Waals surface area contributed by atoms with E-state index in [1.807, 2.05) is 25.1 Å². The molecule has 0 aliphatic carbocycles. The second-order valence-corrected chi connectivity index (χ2v) is 7.96. The zero-order valence-corrected chi connectivity index (χ0v) is 19.4. The Hall–Kier alpha value is -2.03. The average molecular weight is 450 g/mol. The first kappa shape index (κ1) is 24.6. The Morgan fingerprint density at radius 3 is 2.75 bits per heavy atom. The summed E-state index contributed by atoms with van der Waals surface area (Å²) in [6.07, 6.45) is 6.32. The average Bonchev–Trinajstić information content (AvgIpc) is 3.22. The van der Waals surface area contributed by atoms with Gasteiger partial charge in [-0.3, -0.25) is 4.99 Å². The predicted molar refractivity (Wildman–Crippen MR) is 126 cm³/mol. The molecule has 0 spiro atoms. The summed E-state index contributed by atoms with van der Waals surface area (Å²) in [4.78, 5) is 4.73. The SMILES string of the molecule is CCOCCCCNC(=NCCCOCC1CCCO1)Nc1ccc2c(c1)OCCCO2. The number of anilines is 1. The van der Waals surface area contributed by atoms with E-state index in [0.717, 1.165) is 88.0 Å². The van der Waals surface area contributed by atoms with Crippen molar-refractivity contribution in [3.05, 3.63) is 18.2 Å². The van der Waals surface area contributed by atoms with Crippen LogP contribution in [-0.2, 0) is 14.2 Å². The van der Waals surface area contributed by atoms with Gasteiger partial charge in [0.05, 0.1) is 25.9 Å². The number of unbranched alkanes of at least 4 members (excludes halogenated alkanes) is 1. The summed E-state index contributed by atoms with van der Waals surface area (Å²) in [7, 11) is 0. The Balaban J connectivity index is 1.46. The highest BCUT2D eigenvalue weighted by Crippen LogP contribution is 2.32. The standard InChI is InChI=1S/C24H39N3O5/c1-2-28-13-4-3-11-25-24(26-12-6-14-29-19-21-8-5-15-30-21)27-20-9-10-22-23(18-20)32-17-7-16-31-22/h9-10,18,21H,2-8,11-17,19H2,1H3,(H2,25,26,27). The summed E-state index contributed by atoms with van der Waals surface area (Å²) in [5, 5.41) is 6.82. The minimum absolute atomic E-state index is 0.272. The van der Waals surface area contributed by atoms with Gasteiger partial charge in [0, 0.05) is 57.7 Å². The third kappa shape index (κ3) is 9.22. The minimum Gasteiger partial charge on any atom is -0.490 e. The van der Waals surface area contributed by atoms with Gasteiger partial charge in [0.2, 0.25) is 0 Å². The number of rotatable bonds is 13. The zero-order valence-electron chi connectivity index (χ0n) is 19.4. The van der Waals surface area contributed by atoms with Crippen LogP contribution in [0.3, 0.4) is 0 Å². The second kappa shape index (κ2) is 14.9. The molecule has 0 saturated carbocycles. The van der Waals surface area contributed by atoms with Crippen molar-refractivity contribution in [2.24, 2.45) is 4.99 Å². The Morgan fingerprint density at radius 1 is 1.03 bits per heavy atom. The number of aliphatic imine (C=N–C) groups is 1. The molecule has 1 unspecified atom stereocenters. The first-order valence-electron chi connectivity index (χ1n) is 12.1. The van der Waals surface area contributed by atoms with Crippen LogP contribution in [0.15, 0.2) is 23.2 Å². The molecule has 2 N–H and O–H groups in total. The smallest absolute Gasteiger partial charge is 0.195 e. The summed E-state index contributed by atoms with van der Waals surface area (Å²) in [5.41, 5.74) is 0.921. The zero-order chi connectivity index (χ0) is 22.3. The molecule has 0 bridgehead atoms. The third-order valence-electron chi connectivity index (χ3n) is 5.27. The molecule has 1 atom stereocenters. The van der Waals surface area contributed by atoms with Crippen molar-refractivity contribution in [3.63, 3.8) is 0 Å². The van der Waals surface area contributed by atoms with E-state index >= 15 is 0 Å². The Bertz CT molecular complexity index is 680. The van der Waals surface area contributed by atoms with Gasteiger partial charge in [0.1, 0.15) is 0 Å². The summed E-state index contributed by atoms with van der Waals surface area (Å²) >= 11 is 0. The fourth-order valence-corrected chi connectivity index (χ4v) is 3.55. The van der Waals surface area contributed by atoms with Crippen LogP contribution in [0.25, 0.3) is 0 Å². The monoisotopic (exact) mass is 449 g/mol. The normalized spacial score (nSPS) is 18.4. The van der Waals surface area contributed by atoms with Crippen LogP contribution in [0.5, 0.6) is 11.5 Å². The lowest BCUT2D eigenvalue weighted by atomic mass is 10.2. The van der Waals surface area contributed by atoms with Crippen molar-refractivity contribution in [1.82, 2.24) is 5.32 Å². The maximum Gasteiger partial charge on any atom is 0.195 e. The van der Waals surface area contributed by atoms with E-state index in [2.05, 4.69) is 10.6 Å². The van der Waals surface area contributed by atoms with Crippen LogP contribution in [0.4, 0.5) is 5.69 Å². The number of hydrogen-bond donors (Lipinski definition) is 2. The highest BCUT2D eigenvalue weighted by molar-refractivity contribution is 5.93. The molecule has 1 aromatic carbocycles. The molecular formula is C24H39N3O5. The molecule has 0 aromatic heterocycles. The maximum atomic E-state index is 5.81. The van der Waals surface area contributed by atoms with Crippen molar-refractivity contribution in [1.29, 1.82) is 0 Å². The van der Waals surface area contributed by atoms with E-state index in [4.69, 9.17) is 28.7 Å². The molecule has 2 heterocycles. The molecule has 3 rings (SSSR count). The number of guanidine groups is 1. The Morgan fingerprint density at radius 2 is 1.91 bits per heavy atom. The van der Waals surface area contributed by atoms with E-state index in [1.165, 1.54) is 0 Å². The molecule has 2 aliphatic rings. The summed E-state index contributed by atoms with van der Waals surface area (Å²) in [5.74, 6) is 2.32. The lowest BCUT2D eigenvalue weighted by Crippen LogP contribution is -2.32. The van der Waals surface area contributed by atoms with E-state index in [0.29, 0.717) is 33.0 Å². The van der Waals surface area contributed by atoms with Gasteiger partial charge in [-0.2, -0.15) is 0 Å². The molecule has 1 saturated heterocycles. The number of nitrogens with zero attached hydrogens (tertiary/aromatic N) is 1. The molecule has 8 heteroatoms. The molecule has 8 nitrogen and oxygen atoms in total. The second-order valence-electron chi connectivity index (χ2n) is 7.96. The fraction of sp³-hybridized carbons (Fsp3) is 0.708. The van der Waals surface area contributed by atoms with Crippen molar-refractivity contribution in [2.75, 3.05) is 64.7 Å². The lowest BCUT2D eigenvalue weighted by Gasteiger charge is -2.15. The summed E-state index contributed by atoms with van der Waals surface area (Å²) < 4.78 is 28.3. The van der Waals surface area contributed by atoms with Crippen LogP contribution in [-0.4, -0.2) is 71.4 Å². The molecule has 32 heavy (non-hydrogen) atoms. The highest BCUT2D eigenvalue weighted by Gasteiger charge is 2.15. The van der Waals surface area contributed by atoms with E-state index in [1.54, 1.807) is 0 Å². The predicted octanol–water partition coefficient (Wildman–Crippen LogP) is 3.61. The molecular weight excluding hydrogens is 410 g/mol. The van der Waals surface area contributed by atoms with E-state index < -0.39 is 0 Å². The number of fused-ring (bicyclic) bond motifs is 1. The van der Waals surface area contributed by atoms with Gasteiger partial charge in [0.25, 0.3) is 0 Å². The first-order valence-corrected chi connectivity index (χ1v) is 12.1. The minimum atomic E-state index is 0.272. The maximum absolute atomic E-state index is 5.81. The number of nitrogens with one attached hydrogen (secondary N) is 2. The van der Waals surface area contributed by atoms with Crippen molar-refractivity contribution < 1.29 is 23.7 Å². The van der Waals surface area contributed by atoms with Crippen molar-refractivity contribution in [2.45, 2.75) is 51.6 Å². The topological polar surface area (TPSA) is 82.6 Å². The number of ether oxygens (including phenoxy) is 5. The fourth-order valence-electron chi connectivity index (χ4n) is 3.55. The van der Waals surface area contributed by atoms with Crippen LogP contribution in [0.1, 0.15) is 45.4 Å². The number of hydrogen-bond acceptors (Lipinski definition) is 6. The molecule has 1 fully saturated rings. The molecule has 0 radical (unpaired) electrons. The molecule has 1 aromatic rings. The third-order valence-corrected chi connectivity index (χ3v) is 5.27. The van der Waals surface area contributed by atoms with Crippen molar-refractivity contribution >= 4 is 11.6 Å². The van der Waals surface area contributed by atoms with Crippen LogP contribution >= 0.6 is 0 Å². The van der Waals surface area contributed by atoms with Crippen LogP contribution in [0.2, 0.25) is 0 Å². The first-order chi connectivity index (χ1) is 15.8. The van der Waals surface area contributed by atoms with E-state index in [-0.39, 0.29) is 6.10 Å². The van der Waals surface area contributed by atoms with Crippen LogP contribution < -0.4 is 20.1 Å². The number of benzene rings is 1. The molecule has 2 aliphatic heterocycles. The van der Waals surface area contributed by atoms with Gasteiger partial charge in [-0.05, 0) is 51.2 Å². The highest BCUT2D eigenvalue weighted by atomic mass is 16.5. The van der Waals surface area contributed by atoms with Crippen molar-refractivity contribution in [3.8, 4) is 11.5 Å². The summed E-state index contributed by atoms with van der Waals surface area (Å²) in [6.45, 7) is 8.69. The van der Waals surface area contributed by atoms with Gasteiger partial charge in [0.15, 0.2) is 17.5 Å². The Kier molecular flexibility index (Phi) is 11.5. The Labute approximate surface area is 192 Å². The van der Waals surface area contributed by atoms with Crippen LogP contribution in [0, 0.1) is 0 Å². The molecule has 180 valence electrons. The van der Waals surface area contributed by atoms with E-state index in [9.17, 15) is 0 Å². The largest absolute Gasteiger partial charge is 0.490 e. The molecule has 0 amide bonds.